The Labute approximate surface area is 116 Å². The van der Waals surface area contributed by atoms with Gasteiger partial charge in [-0.25, -0.2) is 0 Å². The summed E-state index contributed by atoms with van der Waals surface area (Å²) >= 11 is 0. The maximum absolute atomic E-state index is 10.6. The van der Waals surface area contributed by atoms with Crippen LogP contribution in [0.1, 0.15) is 29.6 Å². The van der Waals surface area contributed by atoms with Crippen LogP contribution in [-0.2, 0) is 0 Å². The Bertz CT molecular complexity index is 640. The van der Waals surface area contributed by atoms with E-state index < -0.39 is 4.92 Å². The molecule has 0 saturated carbocycles. The second-order valence-corrected chi connectivity index (χ2v) is 4.97. The molecule has 5 heteroatoms. The Hall–Kier alpha value is -2.40. The van der Waals surface area contributed by atoms with Crippen molar-refractivity contribution in [2.24, 2.45) is 5.73 Å². The topological polar surface area (TPSA) is 81.2 Å². The summed E-state index contributed by atoms with van der Waals surface area (Å²) in [7, 11) is 0. The molecule has 0 fully saturated rings. The fourth-order valence-electron chi connectivity index (χ4n) is 2.69. The number of benzene rings is 2. The van der Waals surface area contributed by atoms with Gasteiger partial charge < -0.3 is 11.1 Å². The van der Waals surface area contributed by atoms with Crippen LogP contribution in [0.2, 0.25) is 0 Å². The maximum atomic E-state index is 10.6. The molecule has 3 rings (SSSR count). The first kappa shape index (κ1) is 12.6. The van der Waals surface area contributed by atoms with Gasteiger partial charge in [-0.1, -0.05) is 24.3 Å². The van der Waals surface area contributed by atoms with Gasteiger partial charge in [0.2, 0.25) is 0 Å². The third kappa shape index (κ3) is 2.23. The van der Waals surface area contributed by atoms with Crippen LogP contribution in [0.3, 0.4) is 0 Å². The maximum Gasteiger partial charge on any atom is 0.269 e. The van der Waals surface area contributed by atoms with Crippen LogP contribution in [0.4, 0.5) is 11.4 Å². The number of rotatable bonds is 3. The minimum atomic E-state index is -0.398. The molecule has 0 heterocycles. The molecule has 102 valence electrons. The summed E-state index contributed by atoms with van der Waals surface area (Å²) in [6, 6.07) is 14.8. The molecular weight excluding hydrogens is 254 g/mol. The van der Waals surface area contributed by atoms with Gasteiger partial charge in [0.15, 0.2) is 0 Å². The number of anilines is 1. The normalized spacial score (nSPS) is 20.4. The summed E-state index contributed by atoms with van der Waals surface area (Å²) in [6.07, 6.45) is 0.830. The van der Waals surface area contributed by atoms with Gasteiger partial charge in [-0.3, -0.25) is 10.1 Å². The van der Waals surface area contributed by atoms with Crippen molar-refractivity contribution >= 4 is 11.4 Å². The van der Waals surface area contributed by atoms with E-state index in [4.69, 9.17) is 5.73 Å². The highest BCUT2D eigenvalue weighted by molar-refractivity contribution is 5.52. The molecule has 0 aromatic heterocycles. The lowest BCUT2D eigenvalue weighted by molar-refractivity contribution is -0.384. The third-order valence-corrected chi connectivity index (χ3v) is 3.68. The van der Waals surface area contributed by atoms with E-state index in [1.807, 2.05) is 12.1 Å². The van der Waals surface area contributed by atoms with E-state index in [1.54, 1.807) is 12.1 Å². The number of non-ortho nitro benzene ring substituents is 1. The van der Waals surface area contributed by atoms with Crippen LogP contribution in [0.15, 0.2) is 48.5 Å². The highest BCUT2D eigenvalue weighted by atomic mass is 16.6. The van der Waals surface area contributed by atoms with Crippen molar-refractivity contribution < 1.29 is 4.92 Å². The molecule has 1 aliphatic carbocycles. The molecule has 1 aliphatic rings. The number of nitro groups is 1. The van der Waals surface area contributed by atoms with Crippen LogP contribution in [-0.4, -0.2) is 4.92 Å². The molecule has 2 aromatic carbocycles. The van der Waals surface area contributed by atoms with Crippen LogP contribution in [0.25, 0.3) is 0 Å². The van der Waals surface area contributed by atoms with Gasteiger partial charge in [0.1, 0.15) is 0 Å². The van der Waals surface area contributed by atoms with Crippen LogP contribution >= 0.6 is 0 Å². The Morgan fingerprint density at radius 3 is 2.40 bits per heavy atom. The monoisotopic (exact) mass is 269 g/mol. The van der Waals surface area contributed by atoms with Gasteiger partial charge in [-0.15, -0.1) is 0 Å². The van der Waals surface area contributed by atoms with Gasteiger partial charge in [0.25, 0.3) is 5.69 Å². The fraction of sp³-hybridized carbons (Fsp3) is 0.200. The first-order chi connectivity index (χ1) is 9.65. The van der Waals surface area contributed by atoms with Crippen LogP contribution in [0.5, 0.6) is 0 Å². The van der Waals surface area contributed by atoms with Crippen LogP contribution < -0.4 is 11.1 Å². The highest BCUT2D eigenvalue weighted by Gasteiger charge is 2.27. The standard InChI is InChI=1S/C15H15N3O2/c16-14-9-15(13-4-2-1-3-12(13)14)17-10-5-7-11(8-6-10)18(19)20/h1-8,14-15,17H,9,16H2. The zero-order valence-electron chi connectivity index (χ0n) is 10.8. The van der Waals surface area contributed by atoms with Crippen molar-refractivity contribution in [1.29, 1.82) is 0 Å². The summed E-state index contributed by atoms with van der Waals surface area (Å²) in [4.78, 5) is 10.2. The van der Waals surface area contributed by atoms with E-state index in [1.165, 1.54) is 23.3 Å². The molecule has 2 unspecified atom stereocenters. The third-order valence-electron chi connectivity index (χ3n) is 3.68. The van der Waals surface area contributed by atoms with Crippen molar-refractivity contribution in [3.05, 3.63) is 69.8 Å². The minimum absolute atomic E-state index is 0.0433. The second kappa shape index (κ2) is 4.94. The first-order valence-corrected chi connectivity index (χ1v) is 6.50. The summed E-state index contributed by atoms with van der Waals surface area (Å²) < 4.78 is 0. The summed E-state index contributed by atoms with van der Waals surface area (Å²) in [5, 5.41) is 14.0. The number of nitrogens with one attached hydrogen (secondary N) is 1. The average Bonchev–Trinajstić information content (AvgIpc) is 2.77. The predicted molar refractivity (Wildman–Crippen MR) is 77.4 cm³/mol. The largest absolute Gasteiger partial charge is 0.378 e. The number of hydrogen-bond donors (Lipinski definition) is 2. The molecule has 2 aromatic rings. The predicted octanol–water partition coefficient (Wildman–Crippen LogP) is 3.15. The van der Waals surface area contributed by atoms with E-state index in [9.17, 15) is 10.1 Å². The number of hydrogen-bond acceptors (Lipinski definition) is 4. The Morgan fingerprint density at radius 1 is 1.10 bits per heavy atom. The number of nitro benzene ring substituents is 1. The summed E-state index contributed by atoms with van der Waals surface area (Å²) in [5.41, 5.74) is 9.47. The molecule has 0 aliphatic heterocycles. The van der Waals surface area contributed by atoms with E-state index in [2.05, 4.69) is 17.4 Å². The lowest BCUT2D eigenvalue weighted by atomic mass is 10.1. The molecule has 3 N–H and O–H groups in total. The fourth-order valence-corrected chi connectivity index (χ4v) is 2.69. The number of fused-ring (bicyclic) bond motifs is 1. The van der Waals surface area contributed by atoms with Gasteiger partial charge in [0.05, 0.1) is 11.0 Å². The van der Waals surface area contributed by atoms with Gasteiger partial charge >= 0.3 is 0 Å². The Morgan fingerprint density at radius 2 is 1.75 bits per heavy atom. The van der Waals surface area contributed by atoms with Crippen molar-refractivity contribution in [1.82, 2.24) is 0 Å². The van der Waals surface area contributed by atoms with Crippen molar-refractivity contribution in [3.8, 4) is 0 Å². The quantitative estimate of drug-likeness (QED) is 0.662. The molecule has 5 nitrogen and oxygen atoms in total. The van der Waals surface area contributed by atoms with Gasteiger partial charge in [-0.05, 0) is 29.7 Å². The van der Waals surface area contributed by atoms with Crippen molar-refractivity contribution in [2.75, 3.05) is 5.32 Å². The van der Waals surface area contributed by atoms with E-state index in [0.29, 0.717) is 0 Å². The van der Waals surface area contributed by atoms with Crippen molar-refractivity contribution in [2.45, 2.75) is 18.5 Å². The minimum Gasteiger partial charge on any atom is -0.378 e. The Balaban J connectivity index is 1.81. The molecule has 0 bridgehead atoms. The summed E-state index contributed by atoms with van der Waals surface area (Å²) in [6.45, 7) is 0. The highest BCUT2D eigenvalue weighted by Crippen LogP contribution is 2.39. The lowest BCUT2D eigenvalue weighted by Gasteiger charge is -2.15. The smallest absolute Gasteiger partial charge is 0.269 e. The molecule has 0 spiro atoms. The first-order valence-electron chi connectivity index (χ1n) is 6.50. The second-order valence-electron chi connectivity index (χ2n) is 4.97. The lowest BCUT2D eigenvalue weighted by Crippen LogP contribution is -2.09. The van der Waals surface area contributed by atoms with E-state index >= 15 is 0 Å². The van der Waals surface area contributed by atoms with Gasteiger partial charge in [0, 0.05) is 23.9 Å². The summed E-state index contributed by atoms with van der Waals surface area (Å²) in [5.74, 6) is 0. The SMILES string of the molecule is NC1CC(Nc2ccc([N+](=O)[O-])cc2)c2ccccc21. The molecule has 20 heavy (non-hydrogen) atoms. The van der Waals surface area contributed by atoms with Crippen LogP contribution in [0, 0.1) is 10.1 Å². The molecule has 0 saturated heterocycles. The zero-order valence-corrected chi connectivity index (χ0v) is 10.8. The Kier molecular flexibility index (Phi) is 3.12. The van der Waals surface area contributed by atoms with Gasteiger partial charge in [-0.2, -0.15) is 0 Å². The average molecular weight is 269 g/mol. The van der Waals surface area contributed by atoms with E-state index in [-0.39, 0.29) is 17.8 Å². The molecular formula is C15H15N3O2. The molecule has 2 atom stereocenters. The zero-order chi connectivity index (χ0) is 14.1. The number of nitrogens with zero attached hydrogens (tertiary/aromatic N) is 1. The number of nitrogens with two attached hydrogens (primary N) is 1. The van der Waals surface area contributed by atoms with Crippen molar-refractivity contribution in [3.63, 3.8) is 0 Å². The van der Waals surface area contributed by atoms with E-state index in [0.717, 1.165) is 12.1 Å². The molecule has 0 radical (unpaired) electrons. The molecule has 0 amide bonds.